The molecule has 0 saturated carbocycles. The number of fused-ring (bicyclic) bond motifs is 1. The fourth-order valence-corrected chi connectivity index (χ4v) is 3.74. The largest absolute Gasteiger partial charge is 0.368 e. The normalized spacial score (nSPS) is 22.4. The molecular formula is C16H21N5O3. The molecule has 2 aliphatic rings. The minimum Gasteiger partial charge on any atom is -0.368 e. The first-order valence-corrected chi connectivity index (χ1v) is 8.44. The molecule has 128 valence electrons. The Kier molecular flexibility index (Phi) is 3.84. The molecule has 8 nitrogen and oxygen atoms in total. The van der Waals surface area contributed by atoms with Gasteiger partial charge in [0.1, 0.15) is 17.9 Å². The summed E-state index contributed by atoms with van der Waals surface area (Å²) >= 11 is 0. The van der Waals surface area contributed by atoms with Crippen molar-refractivity contribution in [3.8, 4) is 0 Å². The topological polar surface area (TPSA) is 82.2 Å². The number of rotatable bonds is 2. The van der Waals surface area contributed by atoms with Gasteiger partial charge in [0.2, 0.25) is 0 Å². The molecule has 0 spiro atoms. The maximum absolute atomic E-state index is 12.6. The molecule has 1 amide bonds. The molecule has 2 aliphatic heterocycles. The maximum Gasteiger partial charge on any atom is 0.330 e. The summed E-state index contributed by atoms with van der Waals surface area (Å²) in [6.07, 6.45) is 6.14. The first-order chi connectivity index (χ1) is 11.7. The first kappa shape index (κ1) is 15.3. The Labute approximate surface area is 139 Å². The van der Waals surface area contributed by atoms with Crippen molar-refractivity contribution in [1.82, 2.24) is 24.0 Å². The van der Waals surface area contributed by atoms with E-state index in [0.29, 0.717) is 25.3 Å². The second-order valence-electron chi connectivity index (χ2n) is 6.50. The van der Waals surface area contributed by atoms with Crippen LogP contribution >= 0.6 is 0 Å². The van der Waals surface area contributed by atoms with Crippen molar-refractivity contribution in [2.75, 3.05) is 19.7 Å². The lowest BCUT2D eigenvalue weighted by Crippen LogP contribution is -2.45. The van der Waals surface area contributed by atoms with Crippen LogP contribution in [-0.4, -0.2) is 55.7 Å². The van der Waals surface area contributed by atoms with Gasteiger partial charge in [0.05, 0.1) is 6.20 Å². The summed E-state index contributed by atoms with van der Waals surface area (Å²) in [6.45, 7) is 1.98. The van der Waals surface area contributed by atoms with Crippen LogP contribution in [0.3, 0.4) is 0 Å². The minimum absolute atomic E-state index is 0.0599. The number of carbonyl (C=O) groups excluding carboxylic acids is 1. The van der Waals surface area contributed by atoms with E-state index in [9.17, 15) is 9.59 Å². The first-order valence-electron chi connectivity index (χ1n) is 8.44. The summed E-state index contributed by atoms with van der Waals surface area (Å²) in [7, 11) is 1.74. The quantitative estimate of drug-likeness (QED) is 0.799. The van der Waals surface area contributed by atoms with Crippen molar-refractivity contribution in [2.45, 2.75) is 37.8 Å². The van der Waals surface area contributed by atoms with E-state index < -0.39 is 0 Å². The highest BCUT2D eigenvalue weighted by molar-refractivity contribution is 5.81. The zero-order chi connectivity index (χ0) is 16.7. The Balaban J connectivity index is 1.53. The number of amides is 1. The number of aromatic nitrogens is 4. The third-order valence-electron chi connectivity index (χ3n) is 5.10. The van der Waals surface area contributed by atoms with Gasteiger partial charge in [-0.05, 0) is 25.7 Å². The monoisotopic (exact) mass is 331 g/mol. The SMILES string of the molecule is Cn1c(=O)n(C2CCN(C(=O)[C@H]3CCCO3)CC2)c2ncncc21. The van der Waals surface area contributed by atoms with E-state index in [4.69, 9.17) is 4.74 Å². The number of likely N-dealkylation sites (tertiary alicyclic amines) is 1. The Bertz CT molecular complexity index is 813. The third kappa shape index (κ3) is 2.41. The van der Waals surface area contributed by atoms with Crippen LogP contribution in [0.5, 0.6) is 0 Å². The van der Waals surface area contributed by atoms with Gasteiger partial charge in [0.25, 0.3) is 5.91 Å². The van der Waals surface area contributed by atoms with Crippen molar-refractivity contribution in [1.29, 1.82) is 0 Å². The standard InChI is InChI=1S/C16H21N5O3/c1-19-12-9-17-10-18-14(12)21(16(19)23)11-4-6-20(7-5-11)15(22)13-3-2-8-24-13/h9-11,13H,2-8H2,1H3/t13-/m1/s1. The molecule has 24 heavy (non-hydrogen) atoms. The number of nitrogens with zero attached hydrogens (tertiary/aromatic N) is 5. The Morgan fingerprint density at radius 2 is 2.08 bits per heavy atom. The summed E-state index contributed by atoms with van der Waals surface area (Å²) in [5, 5.41) is 0. The van der Waals surface area contributed by atoms with Crippen molar-refractivity contribution >= 4 is 17.1 Å². The van der Waals surface area contributed by atoms with Gasteiger partial charge < -0.3 is 9.64 Å². The molecule has 0 bridgehead atoms. The molecule has 0 aliphatic carbocycles. The van der Waals surface area contributed by atoms with Crippen LogP contribution in [0.15, 0.2) is 17.3 Å². The van der Waals surface area contributed by atoms with Crippen molar-refractivity contribution < 1.29 is 9.53 Å². The molecule has 0 unspecified atom stereocenters. The maximum atomic E-state index is 12.6. The Morgan fingerprint density at radius 3 is 2.79 bits per heavy atom. The van der Waals surface area contributed by atoms with Crippen molar-refractivity contribution in [3.05, 3.63) is 23.0 Å². The molecule has 8 heteroatoms. The van der Waals surface area contributed by atoms with Crippen LogP contribution in [0.25, 0.3) is 11.2 Å². The number of hydrogen-bond donors (Lipinski definition) is 0. The highest BCUT2D eigenvalue weighted by atomic mass is 16.5. The summed E-state index contributed by atoms with van der Waals surface area (Å²) < 4.78 is 8.83. The molecule has 4 rings (SSSR count). The number of hydrogen-bond acceptors (Lipinski definition) is 5. The van der Waals surface area contributed by atoms with Gasteiger partial charge in [0.15, 0.2) is 5.65 Å². The second kappa shape index (κ2) is 6.01. The van der Waals surface area contributed by atoms with Crippen LogP contribution in [0.1, 0.15) is 31.7 Å². The average Bonchev–Trinajstić information content (AvgIpc) is 3.23. The van der Waals surface area contributed by atoms with Crippen LogP contribution in [0.4, 0.5) is 0 Å². The zero-order valence-electron chi connectivity index (χ0n) is 13.7. The average molecular weight is 331 g/mol. The molecular weight excluding hydrogens is 310 g/mol. The highest BCUT2D eigenvalue weighted by Gasteiger charge is 2.32. The van der Waals surface area contributed by atoms with E-state index >= 15 is 0 Å². The van der Waals surface area contributed by atoms with E-state index in [1.165, 1.54) is 6.33 Å². The van der Waals surface area contributed by atoms with Crippen molar-refractivity contribution in [2.24, 2.45) is 7.05 Å². The van der Waals surface area contributed by atoms with Crippen LogP contribution in [0.2, 0.25) is 0 Å². The zero-order valence-corrected chi connectivity index (χ0v) is 13.7. The third-order valence-corrected chi connectivity index (χ3v) is 5.10. The molecule has 2 aromatic heterocycles. The van der Waals surface area contributed by atoms with E-state index in [0.717, 1.165) is 31.2 Å². The predicted octanol–water partition coefficient (Wildman–Crippen LogP) is 0.472. The second-order valence-corrected chi connectivity index (χ2v) is 6.50. The minimum atomic E-state index is -0.269. The number of carbonyl (C=O) groups is 1. The smallest absolute Gasteiger partial charge is 0.330 e. The molecule has 2 saturated heterocycles. The number of aryl methyl sites for hydroxylation is 1. The number of piperidine rings is 1. The fourth-order valence-electron chi connectivity index (χ4n) is 3.74. The lowest BCUT2D eigenvalue weighted by molar-refractivity contribution is -0.142. The number of ether oxygens (including phenoxy) is 1. The number of imidazole rings is 1. The lowest BCUT2D eigenvalue weighted by atomic mass is 10.0. The van der Waals surface area contributed by atoms with Gasteiger partial charge in [-0.3, -0.25) is 13.9 Å². The van der Waals surface area contributed by atoms with Gasteiger partial charge in [-0.1, -0.05) is 0 Å². The summed E-state index contributed by atoms with van der Waals surface area (Å²) in [4.78, 5) is 35.2. The van der Waals surface area contributed by atoms with Crippen LogP contribution in [-0.2, 0) is 16.6 Å². The summed E-state index contributed by atoms with van der Waals surface area (Å²) in [5.41, 5.74) is 1.33. The molecule has 0 N–H and O–H groups in total. The highest BCUT2D eigenvalue weighted by Crippen LogP contribution is 2.26. The molecule has 2 aromatic rings. The van der Waals surface area contributed by atoms with Crippen LogP contribution in [0, 0.1) is 0 Å². The Hall–Kier alpha value is -2.22. The summed E-state index contributed by atoms with van der Waals surface area (Å²) in [6, 6.07) is 0.0599. The van der Waals surface area contributed by atoms with Gasteiger partial charge in [-0.2, -0.15) is 0 Å². The van der Waals surface area contributed by atoms with Gasteiger partial charge >= 0.3 is 5.69 Å². The van der Waals surface area contributed by atoms with Gasteiger partial charge in [0, 0.05) is 32.8 Å². The lowest BCUT2D eigenvalue weighted by Gasteiger charge is -2.33. The van der Waals surface area contributed by atoms with Crippen molar-refractivity contribution in [3.63, 3.8) is 0 Å². The van der Waals surface area contributed by atoms with E-state index in [2.05, 4.69) is 9.97 Å². The van der Waals surface area contributed by atoms with Crippen LogP contribution < -0.4 is 5.69 Å². The fraction of sp³-hybridized carbons (Fsp3) is 0.625. The van der Waals surface area contributed by atoms with Gasteiger partial charge in [-0.25, -0.2) is 14.8 Å². The molecule has 0 radical (unpaired) electrons. The van der Waals surface area contributed by atoms with E-state index in [1.54, 1.807) is 22.4 Å². The van der Waals surface area contributed by atoms with Gasteiger partial charge in [-0.15, -0.1) is 0 Å². The van der Waals surface area contributed by atoms with E-state index in [1.807, 2.05) is 4.90 Å². The predicted molar refractivity (Wildman–Crippen MR) is 86.6 cm³/mol. The molecule has 2 fully saturated rings. The summed E-state index contributed by atoms with van der Waals surface area (Å²) in [5.74, 6) is 0.0959. The molecule has 1 atom stereocenters. The van der Waals surface area contributed by atoms with E-state index in [-0.39, 0.29) is 23.7 Å². The molecule has 0 aromatic carbocycles. The Morgan fingerprint density at radius 1 is 1.29 bits per heavy atom. The molecule has 4 heterocycles.